The van der Waals surface area contributed by atoms with Crippen LogP contribution in [-0.2, 0) is 4.79 Å². The molecule has 108 valence electrons. The van der Waals surface area contributed by atoms with Crippen molar-refractivity contribution in [2.45, 2.75) is 0 Å². The number of ether oxygens (including phenoxy) is 1. The summed E-state index contributed by atoms with van der Waals surface area (Å²) in [7, 11) is 2.86. The Bertz CT molecular complexity index is 530. The van der Waals surface area contributed by atoms with Gasteiger partial charge in [0.05, 0.1) is 24.9 Å². The SMILES string of the molecule is CNC(=O)CNC(=O)Nc1cc(OC)ccc1C(=O)O. The molecule has 1 aromatic rings. The Kier molecular flexibility index (Phi) is 5.33. The van der Waals surface area contributed by atoms with Gasteiger partial charge in [-0.3, -0.25) is 4.79 Å². The number of aromatic carboxylic acids is 1. The lowest BCUT2D eigenvalue weighted by atomic mass is 10.1. The van der Waals surface area contributed by atoms with Crippen LogP contribution in [0.15, 0.2) is 18.2 Å². The maximum Gasteiger partial charge on any atom is 0.337 e. The molecular weight excluding hydrogens is 266 g/mol. The molecule has 4 N–H and O–H groups in total. The Hall–Kier alpha value is -2.77. The number of rotatable bonds is 5. The van der Waals surface area contributed by atoms with E-state index in [0.717, 1.165) is 0 Å². The van der Waals surface area contributed by atoms with E-state index in [2.05, 4.69) is 16.0 Å². The van der Waals surface area contributed by atoms with Gasteiger partial charge in [-0.15, -0.1) is 0 Å². The van der Waals surface area contributed by atoms with E-state index in [0.29, 0.717) is 5.75 Å². The molecule has 0 saturated carbocycles. The van der Waals surface area contributed by atoms with Crippen molar-refractivity contribution >= 4 is 23.6 Å². The fraction of sp³-hybridized carbons (Fsp3) is 0.250. The molecule has 0 radical (unpaired) electrons. The largest absolute Gasteiger partial charge is 0.497 e. The first kappa shape index (κ1) is 15.3. The van der Waals surface area contributed by atoms with Gasteiger partial charge in [0.1, 0.15) is 5.75 Å². The Morgan fingerprint density at radius 3 is 2.55 bits per heavy atom. The first-order valence-electron chi connectivity index (χ1n) is 5.64. The van der Waals surface area contributed by atoms with Crippen LogP contribution < -0.4 is 20.7 Å². The molecule has 1 rings (SSSR count). The summed E-state index contributed by atoms with van der Waals surface area (Å²) in [6.45, 7) is -0.214. The molecule has 0 bridgehead atoms. The topological polar surface area (TPSA) is 117 Å². The molecule has 0 heterocycles. The Labute approximate surface area is 115 Å². The smallest absolute Gasteiger partial charge is 0.337 e. The van der Waals surface area contributed by atoms with Gasteiger partial charge in [-0.05, 0) is 12.1 Å². The van der Waals surface area contributed by atoms with E-state index in [1.165, 1.54) is 32.4 Å². The van der Waals surface area contributed by atoms with Crippen LogP contribution in [0.25, 0.3) is 0 Å². The zero-order chi connectivity index (χ0) is 15.1. The summed E-state index contributed by atoms with van der Waals surface area (Å²) in [6, 6.07) is 3.47. The van der Waals surface area contributed by atoms with Gasteiger partial charge in [-0.1, -0.05) is 0 Å². The van der Waals surface area contributed by atoms with Crippen molar-refractivity contribution in [3.8, 4) is 5.75 Å². The summed E-state index contributed by atoms with van der Waals surface area (Å²) < 4.78 is 4.96. The van der Waals surface area contributed by atoms with Crippen molar-refractivity contribution in [2.75, 3.05) is 26.0 Å². The number of carbonyl (C=O) groups excluding carboxylic acids is 2. The summed E-state index contributed by atoms with van der Waals surface area (Å²) in [5.41, 5.74) is -0.00727. The lowest BCUT2D eigenvalue weighted by molar-refractivity contribution is -0.119. The zero-order valence-electron chi connectivity index (χ0n) is 11.0. The number of methoxy groups -OCH3 is 1. The van der Waals surface area contributed by atoms with Crippen molar-refractivity contribution < 1.29 is 24.2 Å². The Morgan fingerprint density at radius 1 is 1.30 bits per heavy atom. The van der Waals surface area contributed by atoms with Crippen LogP contribution in [0.1, 0.15) is 10.4 Å². The molecule has 0 aliphatic carbocycles. The van der Waals surface area contributed by atoms with E-state index in [-0.39, 0.29) is 23.7 Å². The molecule has 0 atom stereocenters. The monoisotopic (exact) mass is 281 g/mol. The van der Waals surface area contributed by atoms with Gasteiger partial charge >= 0.3 is 12.0 Å². The first-order chi connectivity index (χ1) is 9.47. The lowest BCUT2D eigenvalue weighted by Crippen LogP contribution is -2.37. The fourth-order valence-electron chi connectivity index (χ4n) is 1.36. The molecule has 0 saturated heterocycles. The second-order valence-corrected chi connectivity index (χ2v) is 3.70. The summed E-state index contributed by atoms with van der Waals surface area (Å²) in [5.74, 6) is -1.16. The number of carboxylic acids is 1. The van der Waals surface area contributed by atoms with Crippen LogP contribution in [0.5, 0.6) is 5.75 Å². The predicted octanol–water partition coefficient (Wildman–Crippen LogP) is 0.261. The molecule has 0 fully saturated rings. The number of benzene rings is 1. The van der Waals surface area contributed by atoms with E-state index in [9.17, 15) is 14.4 Å². The number of urea groups is 1. The van der Waals surface area contributed by atoms with Crippen LogP contribution in [-0.4, -0.2) is 43.7 Å². The van der Waals surface area contributed by atoms with Gasteiger partial charge in [-0.2, -0.15) is 0 Å². The molecule has 0 aromatic heterocycles. The molecule has 8 nitrogen and oxygen atoms in total. The Balaban J connectivity index is 2.81. The highest BCUT2D eigenvalue weighted by Crippen LogP contribution is 2.22. The molecule has 0 aliphatic rings. The molecule has 0 unspecified atom stereocenters. The number of carbonyl (C=O) groups is 3. The highest BCUT2D eigenvalue weighted by Gasteiger charge is 2.13. The second kappa shape index (κ2) is 6.98. The van der Waals surface area contributed by atoms with Crippen molar-refractivity contribution in [1.82, 2.24) is 10.6 Å². The van der Waals surface area contributed by atoms with Crippen molar-refractivity contribution in [1.29, 1.82) is 0 Å². The van der Waals surface area contributed by atoms with Crippen LogP contribution >= 0.6 is 0 Å². The van der Waals surface area contributed by atoms with Crippen LogP contribution in [0.2, 0.25) is 0 Å². The quantitative estimate of drug-likeness (QED) is 0.617. The highest BCUT2D eigenvalue weighted by molar-refractivity contribution is 6.01. The van der Waals surface area contributed by atoms with Gasteiger partial charge in [0.15, 0.2) is 0 Å². The lowest BCUT2D eigenvalue weighted by Gasteiger charge is -2.11. The molecule has 0 spiro atoms. The average Bonchev–Trinajstić information content (AvgIpc) is 2.44. The number of hydrogen-bond acceptors (Lipinski definition) is 4. The minimum atomic E-state index is -1.19. The summed E-state index contributed by atoms with van der Waals surface area (Å²) >= 11 is 0. The number of likely N-dealkylation sites (N-methyl/N-ethyl adjacent to an activating group) is 1. The van der Waals surface area contributed by atoms with Crippen molar-refractivity contribution in [3.63, 3.8) is 0 Å². The fourth-order valence-corrected chi connectivity index (χ4v) is 1.36. The van der Waals surface area contributed by atoms with E-state index < -0.39 is 12.0 Å². The molecule has 8 heteroatoms. The third kappa shape index (κ3) is 4.16. The number of carboxylic acid groups (broad SMARTS) is 1. The third-order valence-electron chi connectivity index (χ3n) is 2.39. The van der Waals surface area contributed by atoms with Gasteiger partial charge in [-0.25, -0.2) is 9.59 Å². The average molecular weight is 281 g/mol. The number of nitrogens with one attached hydrogen (secondary N) is 3. The standard InChI is InChI=1S/C12H15N3O5/c1-13-10(16)6-14-12(19)15-9-5-7(20-2)3-4-8(9)11(17)18/h3-5H,6H2,1-2H3,(H,13,16)(H,17,18)(H2,14,15,19). The molecule has 20 heavy (non-hydrogen) atoms. The number of hydrogen-bond donors (Lipinski definition) is 4. The van der Waals surface area contributed by atoms with Gasteiger partial charge in [0.2, 0.25) is 5.91 Å². The summed E-state index contributed by atoms with van der Waals surface area (Å²) in [6.07, 6.45) is 0. The third-order valence-corrected chi connectivity index (χ3v) is 2.39. The highest BCUT2D eigenvalue weighted by atomic mass is 16.5. The first-order valence-corrected chi connectivity index (χ1v) is 5.64. The molecule has 0 aliphatic heterocycles. The minimum Gasteiger partial charge on any atom is -0.497 e. The van der Waals surface area contributed by atoms with Crippen LogP contribution in [0, 0.1) is 0 Å². The number of anilines is 1. The second-order valence-electron chi connectivity index (χ2n) is 3.70. The van der Waals surface area contributed by atoms with Gasteiger partial charge in [0, 0.05) is 13.1 Å². The van der Waals surface area contributed by atoms with Gasteiger partial charge < -0.3 is 25.8 Å². The van der Waals surface area contributed by atoms with Crippen LogP contribution in [0.3, 0.4) is 0 Å². The van der Waals surface area contributed by atoms with Crippen LogP contribution in [0.4, 0.5) is 10.5 Å². The van der Waals surface area contributed by atoms with E-state index >= 15 is 0 Å². The normalized spacial score (nSPS) is 9.50. The maximum absolute atomic E-state index is 11.6. The zero-order valence-corrected chi connectivity index (χ0v) is 11.0. The van der Waals surface area contributed by atoms with Crippen molar-refractivity contribution in [2.24, 2.45) is 0 Å². The predicted molar refractivity (Wildman–Crippen MR) is 71.0 cm³/mol. The minimum absolute atomic E-state index is 0.0752. The van der Waals surface area contributed by atoms with E-state index in [1.807, 2.05) is 0 Å². The maximum atomic E-state index is 11.6. The molecule has 1 aromatic carbocycles. The van der Waals surface area contributed by atoms with E-state index in [1.54, 1.807) is 0 Å². The Morgan fingerprint density at radius 2 is 2.00 bits per heavy atom. The van der Waals surface area contributed by atoms with Gasteiger partial charge in [0.25, 0.3) is 0 Å². The van der Waals surface area contributed by atoms with Crippen molar-refractivity contribution in [3.05, 3.63) is 23.8 Å². The molecule has 3 amide bonds. The molecular formula is C12H15N3O5. The summed E-state index contributed by atoms with van der Waals surface area (Å²) in [4.78, 5) is 33.6. The van der Waals surface area contributed by atoms with E-state index in [4.69, 9.17) is 9.84 Å². The summed E-state index contributed by atoms with van der Waals surface area (Å²) in [5, 5.41) is 16.0. The number of amides is 3.